The molecule has 2 aromatic heterocycles. The van der Waals surface area contributed by atoms with Gasteiger partial charge in [-0.3, -0.25) is 9.78 Å². The minimum Gasteiger partial charge on any atom is -0.364 e. The highest BCUT2D eigenvalue weighted by atomic mass is 35.5. The number of anilines is 3. The van der Waals surface area contributed by atoms with Crippen LogP contribution in [0.3, 0.4) is 0 Å². The highest BCUT2D eigenvalue weighted by Crippen LogP contribution is 2.23. The Kier molecular flexibility index (Phi) is 5.30. The molecule has 0 bridgehead atoms. The van der Waals surface area contributed by atoms with E-state index in [2.05, 4.69) is 25.6 Å². The summed E-state index contributed by atoms with van der Waals surface area (Å²) >= 11 is 5.93. The predicted molar refractivity (Wildman–Crippen MR) is 96.9 cm³/mol. The lowest BCUT2D eigenvalue weighted by atomic mass is 9.91. The molecule has 1 aliphatic rings. The third kappa shape index (κ3) is 4.34. The lowest BCUT2D eigenvalue weighted by Crippen LogP contribution is -2.42. The Labute approximate surface area is 150 Å². The van der Waals surface area contributed by atoms with Crippen molar-refractivity contribution in [2.75, 3.05) is 10.6 Å². The van der Waals surface area contributed by atoms with Crippen LogP contribution in [0.4, 0.5) is 17.3 Å². The number of rotatable bonds is 5. The van der Waals surface area contributed by atoms with Crippen LogP contribution < -0.4 is 22.1 Å². The van der Waals surface area contributed by atoms with E-state index in [9.17, 15) is 4.79 Å². The average molecular weight is 362 g/mol. The third-order valence-electron chi connectivity index (χ3n) is 4.13. The molecule has 25 heavy (non-hydrogen) atoms. The zero-order valence-electron chi connectivity index (χ0n) is 13.6. The SMILES string of the molecule is NC(=O)c1ncc(N[C@@H]2CCCC[C@@H]2N)nc1Nc1cncc(Cl)c1. The van der Waals surface area contributed by atoms with Crippen LogP contribution in [-0.2, 0) is 0 Å². The molecule has 8 nitrogen and oxygen atoms in total. The van der Waals surface area contributed by atoms with Gasteiger partial charge in [-0.1, -0.05) is 24.4 Å². The summed E-state index contributed by atoms with van der Waals surface area (Å²) in [5.41, 5.74) is 12.2. The fourth-order valence-corrected chi connectivity index (χ4v) is 3.05. The molecule has 6 N–H and O–H groups in total. The molecule has 2 aromatic rings. The second-order valence-corrected chi connectivity index (χ2v) is 6.47. The second-order valence-electron chi connectivity index (χ2n) is 6.03. The Morgan fingerprint density at radius 3 is 2.76 bits per heavy atom. The molecule has 0 unspecified atom stereocenters. The maximum atomic E-state index is 11.6. The van der Waals surface area contributed by atoms with Crippen LogP contribution in [-0.4, -0.2) is 32.9 Å². The molecule has 1 amide bonds. The van der Waals surface area contributed by atoms with Crippen LogP contribution in [0.2, 0.25) is 5.02 Å². The van der Waals surface area contributed by atoms with Crippen molar-refractivity contribution < 1.29 is 4.79 Å². The van der Waals surface area contributed by atoms with Crippen LogP contribution >= 0.6 is 11.6 Å². The van der Waals surface area contributed by atoms with E-state index in [4.69, 9.17) is 23.1 Å². The first-order valence-electron chi connectivity index (χ1n) is 8.09. The first-order chi connectivity index (χ1) is 12.0. The van der Waals surface area contributed by atoms with Crippen LogP contribution in [0, 0.1) is 0 Å². The smallest absolute Gasteiger partial charge is 0.271 e. The van der Waals surface area contributed by atoms with E-state index in [-0.39, 0.29) is 23.6 Å². The molecule has 0 aliphatic heterocycles. The van der Waals surface area contributed by atoms with Gasteiger partial charge in [-0.15, -0.1) is 0 Å². The van der Waals surface area contributed by atoms with Gasteiger partial charge >= 0.3 is 0 Å². The Morgan fingerprint density at radius 1 is 1.24 bits per heavy atom. The maximum absolute atomic E-state index is 11.6. The molecule has 2 atom stereocenters. The molecule has 132 valence electrons. The number of halogens is 1. The number of hydrogen-bond acceptors (Lipinski definition) is 7. The second kappa shape index (κ2) is 7.62. The first kappa shape index (κ1) is 17.4. The number of nitrogens with one attached hydrogen (secondary N) is 2. The number of hydrogen-bond donors (Lipinski definition) is 4. The van der Waals surface area contributed by atoms with E-state index in [1.807, 2.05) is 0 Å². The number of pyridine rings is 1. The van der Waals surface area contributed by atoms with Crippen molar-refractivity contribution in [3.8, 4) is 0 Å². The summed E-state index contributed by atoms with van der Waals surface area (Å²) in [6.07, 6.45) is 8.77. The van der Waals surface area contributed by atoms with Crippen LogP contribution in [0.15, 0.2) is 24.7 Å². The molecule has 0 saturated heterocycles. The molecule has 2 heterocycles. The summed E-state index contributed by atoms with van der Waals surface area (Å²) in [5, 5.41) is 6.75. The number of carbonyl (C=O) groups excluding carboxylic acids is 1. The predicted octanol–water partition coefficient (Wildman–Crippen LogP) is 2.05. The number of primary amides is 1. The Balaban J connectivity index is 1.85. The van der Waals surface area contributed by atoms with Crippen molar-refractivity contribution in [2.24, 2.45) is 11.5 Å². The van der Waals surface area contributed by atoms with Crippen LogP contribution in [0.5, 0.6) is 0 Å². The molecule has 1 fully saturated rings. The van der Waals surface area contributed by atoms with Gasteiger partial charge < -0.3 is 22.1 Å². The number of nitrogens with two attached hydrogens (primary N) is 2. The Bertz CT molecular complexity index is 770. The van der Waals surface area contributed by atoms with Crippen molar-refractivity contribution in [3.63, 3.8) is 0 Å². The molecule has 1 aliphatic carbocycles. The van der Waals surface area contributed by atoms with Gasteiger partial charge in [0.05, 0.1) is 23.1 Å². The number of nitrogens with zero attached hydrogens (tertiary/aromatic N) is 3. The highest BCUT2D eigenvalue weighted by Gasteiger charge is 2.22. The van der Waals surface area contributed by atoms with Gasteiger partial charge in [0.25, 0.3) is 5.91 Å². The lowest BCUT2D eigenvalue weighted by Gasteiger charge is -2.29. The molecule has 9 heteroatoms. The van der Waals surface area contributed by atoms with E-state index < -0.39 is 5.91 Å². The van der Waals surface area contributed by atoms with Crippen molar-refractivity contribution in [3.05, 3.63) is 35.4 Å². The highest BCUT2D eigenvalue weighted by molar-refractivity contribution is 6.30. The number of amides is 1. The van der Waals surface area contributed by atoms with Crippen LogP contribution in [0.1, 0.15) is 36.2 Å². The monoisotopic (exact) mass is 361 g/mol. The lowest BCUT2D eigenvalue weighted by molar-refractivity contribution is 0.0996. The van der Waals surface area contributed by atoms with Crippen molar-refractivity contribution in [1.82, 2.24) is 15.0 Å². The minimum absolute atomic E-state index is 0.0402. The van der Waals surface area contributed by atoms with Crippen LogP contribution in [0.25, 0.3) is 0 Å². The van der Waals surface area contributed by atoms with Gasteiger partial charge in [-0.2, -0.15) is 0 Å². The summed E-state index contributed by atoms with van der Waals surface area (Å²) in [4.78, 5) is 24.2. The summed E-state index contributed by atoms with van der Waals surface area (Å²) in [5.74, 6) is 0.0988. The van der Waals surface area contributed by atoms with E-state index >= 15 is 0 Å². The molecular weight excluding hydrogens is 342 g/mol. The Morgan fingerprint density at radius 2 is 2.04 bits per heavy atom. The van der Waals surface area contributed by atoms with Gasteiger partial charge in [-0.25, -0.2) is 9.97 Å². The maximum Gasteiger partial charge on any atom is 0.271 e. The number of carbonyl (C=O) groups is 1. The van der Waals surface area contributed by atoms with Gasteiger partial charge in [0.15, 0.2) is 11.5 Å². The third-order valence-corrected chi connectivity index (χ3v) is 4.33. The minimum atomic E-state index is -0.675. The topological polar surface area (TPSA) is 132 Å². The Hall–Kier alpha value is -2.45. The van der Waals surface area contributed by atoms with Crippen molar-refractivity contribution >= 4 is 34.8 Å². The molecule has 0 aromatic carbocycles. The van der Waals surface area contributed by atoms with Crippen molar-refractivity contribution in [2.45, 2.75) is 37.8 Å². The van der Waals surface area contributed by atoms with Gasteiger partial charge in [0.2, 0.25) is 0 Å². The van der Waals surface area contributed by atoms with Gasteiger partial charge in [0.1, 0.15) is 5.82 Å². The first-order valence-corrected chi connectivity index (χ1v) is 8.47. The zero-order chi connectivity index (χ0) is 17.8. The van der Waals surface area contributed by atoms with Crippen molar-refractivity contribution in [1.29, 1.82) is 0 Å². The van der Waals surface area contributed by atoms with Gasteiger partial charge in [0, 0.05) is 18.3 Å². The molecule has 0 spiro atoms. The summed E-state index contributed by atoms with van der Waals surface area (Å²) in [6.45, 7) is 0. The number of aromatic nitrogens is 3. The fraction of sp³-hybridized carbons (Fsp3) is 0.375. The van der Waals surface area contributed by atoms with E-state index in [0.717, 1.165) is 25.7 Å². The van der Waals surface area contributed by atoms with E-state index in [1.54, 1.807) is 12.3 Å². The normalized spacial score (nSPS) is 20.1. The van der Waals surface area contributed by atoms with E-state index in [1.165, 1.54) is 12.4 Å². The summed E-state index contributed by atoms with van der Waals surface area (Å²) in [7, 11) is 0. The summed E-state index contributed by atoms with van der Waals surface area (Å²) in [6, 6.07) is 1.86. The molecule has 0 radical (unpaired) electrons. The quantitative estimate of drug-likeness (QED) is 0.640. The molecular formula is C16H20ClN7O. The molecule has 1 saturated carbocycles. The molecule has 3 rings (SSSR count). The van der Waals surface area contributed by atoms with Gasteiger partial charge in [-0.05, 0) is 18.9 Å². The largest absolute Gasteiger partial charge is 0.364 e. The average Bonchev–Trinajstić information content (AvgIpc) is 2.57. The standard InChI is InChI=1S/C16H20ClN7O/c17-9-5-10(7-20-6-9)22-16-14(15(19)25)21-8-13(24-16)23-12-4-2-1-3-11(12)18/h5-8,11-12H,1-4,18H2,(H2,19,25)(H2,22,23,24)/t11-,12+/m0/s1. The fourth-order valence-electron chi connectivity index (χ4n) is 2.87. The summed E-state index contributed by atoms with van der Waals surface area (Å²) < 4.78 is 0. The van der Waals surface area contributed by atoms with E-state index in [0.29, 0.717) is 16.5 Å². The zero-order valence-corrected chi connectivity index (χ0v) is 14.3.